The summed E-state index contributed by atoms with van der Waals surface area (Å²) in [6.45, 7) is 8.44. The third kappa shape index (κ3) is 4.60. The molecule has 0 radical (unpaired) electrons. The second-order valence-corrected chi connectivity index (χ2v) is 9.08. The van der Waals surface area contributed by atoms with Gasteiger partial charge in [-0.1, -0.05) is 30.3 Å². The summed E-state index contributed by atoms with van der Waals surface area (Å²) in [6.07, 6.45) is 5.46. The number of hydrogen-bond acceptors (Lipinski definition) is 5. The van der Waals surface area contributed by atoms with Crippen molar-refractivity contribution in [2.75, 3.05) is 4.90 Å². The van der Waals surface area contributed by atoms with Gasteiger partial charge in [0.1, 0.15) is 5.82 Å². The fourth-order valence-corrected chi connectivity index (χ4v) is 4.85. The fourth-order valence-electron chi connectivity index (χ4n) is 3.90. The van der Waals surface area contributed by atoms with E-state index in [1.165, 1.54) is 16.0 Å². The van der Waals surface area contributed by atoms with Crippen molar-refractivity contribution in [3.63, 3.8) is 0 Å². The summed E-state index contributed by atoms with van der Waals surface area (Å²) in [5.74, 6) is 1.94. The molecule has 160 valence electrons. The van der Waals surface area contributed by atoms with Crippen LogP contribution < -0.4 is 10.6 Å². The van der Waals surface area contributed by atoms with Gasteiger partial charge in [-0.3, -0.25) is 5.73 Å². The summed E-state index contributed by atoms with van der Waals surface area (Å²) in [7, 11) is 0. The summed E-state index contributed by atoms with van der Waals surface area (Å²) in [5.41, 5.74) is 11.9. The molecule has 1 aliphatic rings. The molecule has 2 N–H and O–H groups in total. The summed E-state index contributed by atoms with van der Waals surface area (Å²) in [4.78, 5) is 12.5. The standard InChI is InChI=1S/C25H29N5S/c1-17(2)30-19(4)27-15-24(30)22-12-13-29(25(26)28-22)23-11-10-21(14-18(23)3)31-16-20-8-6-5-7-9-20/h5-15,17,25H,16,26H2,1-4H3. The molecule has 0 saturated carbocycles. The van der Waals surface area contributed by atoms with Gasteiger partial charge in [-0.2, -0.15) is 0 Å². The zero-order chi connectivity index (χ0) is 22.0. The zero-order valence-corrected chi connectivity index (χ0v) is 19.3. The Hall–Kier alpha value is -2.83. The van der Waals surface area contributed by atoms with E-state index >= 15 is 0 Å². The number of hydrogen-bond donors (Lipinski definition) is 1. The number of rotatable bonds is 6. The largest absolute Gasteiger partial charge is 0.324 e. The van der Waals surface area contributed by atoms with E-state index < -0.39 is 6.29 Å². The van der Waals surface area contributed by atoms with Crippen molar-refractivity contribution in [2.24, 2.45) is 10.7 Å². The van der Waals surface area contributed by atoms with Gasteiger partial charge in [0.2, 0.25) is 0 Å². The van der Waals surface area contributed by atoms with E-state index in [1.807, 2.05) is 48.1 Å². The van der Waals surface area contributed by atoms with Crippen LogP contribution >= 0.6 is 11.8 Å². The van der Waals surface area contributed by atoms with Crippen LogP contribution in [0.25, 0.3) is 0 Å². The lowest BCUT2D eigenvalue weighted by Gasteiger charge is -2.30. The predicted octanol–water partition coefficient (Wildman–Crippen LogP) is 5.44. The van der Waals surface area contributed by atoms with Gasteiger partial charge in [-0.05, 0) is 63.1 Å². The minimum Gasteiger partial charge on any atom is -0.324 e. The van der Waals surface area contributed by atoms with E-state index in [4.69, 9.17) is 10.7 Å². The van der Waals surface area contributed by atoms with E-state index in [0.29, 0.717) is 6.04 Å². The van der Waals surface area contributed by atoms with Gasteiger partial charge >= 0.3 is 0 Å². The van der Waals surface area contributed by atoms with Crippen LogP contribution in [-0.4, -0.2) is 21.6 Å². The third-order valence-corrected chi connectivity index (χ3v) is 6.47. The first kappa shape index (κ1) is 21.4. The molecule has 5 nitrogen and oxygen atoms in total. The van der Waals surface area contributed by atoms with Crippen molar-refractivity contribution < 1.29 is 0 Å². The Kier molecular flexibility index (Phi) is 6.30. The van der Waals surface area contributed by atoms with Crippen LogP contribution in [0.1, 0.15) is 42.5 Å². The van der Waals surface area contributed by atoms with Crippen molar-refractivity contribution in [3.05, 3.63) is 89.6 Å². The molecular weight excluding hydrogens is 402 g/mol. The summed E-state index contributed by atoms with van der Waals surface area (Å²) >= 11 is 1.84. The summed E-state index contributed by atoms with van der Waals surface area (Å²) < 4.78 is 2.19. The first-order valence-electron chi connectivity index (χ1n) is 10.6. The number of allylic oxidation sites excluding steroid dienone is 1. The highest BCUT2D eigenvalue weighted by Gasteiger charge is 2.21. The molecule has 0 aliphatic carbocycles. The highest BCUT2D eigenvalue weighted by molar-refractivity contribution is 7.98. The molecule has 1 aliphatic heterocycles. The highest BCUT2D eigenvalue weighted by atomic mass is 32.2. The molecule has 2 heterocycles. The summed E-state index contributed by atoms with van der Waals surface area (Å²) in [6, 6.07) is 17.4. The van der Waals surface area contributed by atoms with E-state index in [2.05, 4.69) is 72.8 Å². The number of benzene rings is 2. The molecule has 0 bridgehead atoms. The molecule has 0 spiro atoms. The molecule has 0 fully saturated rings. The Morgan fingerprint density at radius 1 is 1.10 bits per heavy atom. The van der Waals surface area contributed by atoms with Crippen molar-refractivity contribution in [1.82, 2.24) is 9.55 Å². The third-order valence-electron chi connectivity index (χ3n) is 5.40. The molecule has 0 amide bonds. The smallest absolute Gasteiger partial charge is 0.178 e. The molecular formula is C25H29N5S. The van der Waals surface area contributed by atoms with E-state index in [9.17, 15) is 0 Å². The van der Waals surface area contributed by atoms with Crippen LogP contribution in [0.5, 0.6) is 0 Å². The Morgan fingerprint density at radius 3 is 2.55 bits per heavy atom. The van der Waals surface area contributed by atoms with Gasteiger partial charge in [-0.15, -0.1) is 11.8 Å². The van der Waals surface area contributed by atoms with Crippen LogP contribution in [0.3, 0.4) is 0 Å². The molecule has 4 rings (SSSR count). The molecule has 1 aromatic heterocycles. The van der Waals surface area contributed by atoms with Gasteiger partial charge < -0.3 is 9.47 Å². The fraction of sp³-hybridized carbons (Fsp3) is 0.280. The lowest BCUT2D eigenvalue weighted by Crippen LogP contribution is -2.40. The molecule has 1 atom stereocenters. The SMILES string of the molecule is Cc1cc(SCc2ccccc2)ccc1N1C=CC(c2cnc(C)n2C(C)C)=NC1N. The normalized spacial score (nSPS) is 16.1. The number of aryl methyl sites for hydroxylation is 2. The van der Waals surface area contributed by atoms with Crippen molar-refractivity contribution in [2.45, 2.75) is 50.7 Å². The number of imidazole rings is 1. The van der Waals surface area contributed by atoms with Gasteiger partial charge in [0.15, 0.2) is 6.29 Å². The minimum absolute atomic E-state index is 0.311. The van der Waals surface area contributed by atoms with Crippen LogP contribution in [0.15, 0.2) is 76.9 Å². The highest BCUT2D eigenvalue weighted by Crippen LogP contribution is 2.30. The Labute approximate surface area is 188 Å². The van der Waals surface area contributed by atoms with Crippen molar-refractivity contribution in [1.29, 1.82) is 0 Å². The molecule has 2 aromatic carbocycles. The number of thioether (sulfide) groups is 1. The van der Waals surface area contributed by atoms with Crippen molar-refractivity contribution in [3.8, 4) is 0 Å². The molecule has 31 heavy (non-hydrogen) atoms. The maximum Gasteiger partial charge on any atom is 0.178 e. The van der Waals surface area contributed by atoms with Crippen LogP contribution in [0.4, 0.5) is 5.69 Å². The maximum absolute atomic E-state index is 6.47. The Balaban J connectivity index is 1.50. The van der Waals surface area contributed by atoms with Crippen LogP contribution in [0.2, 0.25) is 0 Å². The molecule has 1 unspecified atom stereocenters. The van der Waals surface area contributed by atoms with E-state index in [0.717, 1.165) is 28.7 Å². The maximum atomic E-state index is 6.47. The Bertz CT molecular complexity index is 1110. The first-order valence-corrected chi connectivity index (χ1v) is 11.5. The first-order chi connectivity index (χ1) is 14.9. The topological polar surface area (TPSA) is 59.4 Å². The van der Waals surface area contributed by atoms with Crippen molar-refractivity contribution >= 4 is 23.2 Å². The lowest BCUT2D eigenvalue weighted by molar-refractivity contribution is 0.578. The number of aliphatic imine (C=N–C) groups is 1. The Morgan fingerprint density at radius 2 is 1.87 bits per heavy atom. The zero-order valence-electron chi connectivity index (χ0n) is 18.5. The van der Waals surface area contributed by atoms with Crippen LogP contribution in [-0.2, 0) is 5.75 Å². The van der Waals surface area contributed by atoms with E-state index in [-0.39, 0.29) is 0 Å². The monoisotopic (exact) mass is 431 g/mol. The average Bonchev–Trinajstić information content (AvgIpc) is 3.15. The van der Waals surface area contributed by atoms with Gasteiger partial charge in [-0.25, -0.2) is 9.98 Å². The predicted molar refractivity (Wildman–Crippen MR) is 131 cm³/mol. The lowest BCUT2D eigenvalue weighted by atomic mass is 10.1. The number of aromatic nitrogens is 2. The summed E-state index contributed by atoms with van der Waals surface area (Å²) in [5, 5.41) is 0. The second-order valence-electron chi connectivity index (χ2n) is 8.03. The van der Waals surface area contributed by atoms with Gasteiger partial charge in [0.05, 0.1) is 17.6 Å². The number of anilines is 1. The number of nitrogens with two attached hydrogens (primary N) is 1. The van der Waals surface area contributed by atoms with Gasteiger partial charge in [0, 0.05) is 28.6 Å². The minimum atomic E-state index is -0.475. The molecule has 3 aromatic rings. The molecule has 0 saturated heterocycles. The van der Waals surface area contributed by atoms with Crippen LogP contribution in [0, 0.1) is 13.8 Å². The van der Waals surface area contributed by atoms with E-state index in [1.54, 1.807) is 0 Å². The van der Waals surface area contributed by atoms with Gasteiger partial charge in [0.25, 0.3) is 0 Å². The molecule has 6 heteroatoms. The number of nitrogens with zero attached hydrogens (tertiary/aromatic N) is 4. The second kappa shape index (κ2) is 9.12. The average molecular weight is 432 g/mol. The quantitative estimate of drug-likeness (QED) is 0.528.